The fourth-order valence-corrected chi connectivity index (χ4v) is 11.0. The molecule has 0 aliphatic rings. The van der Waals surface area contributed by atoms with Crippen molar-refractivity contribution in [3.8, 4) is 17.6 Å². The highest BCUT2D eigenvalue weighted by Gasteiger charge is 2.45. The van der Waals surface area contributed by atoms with Crippen LogP contribution in [0.4, 0.5) is 0 Å². The number of hydrogen-bond donors (Lipinski definition) is 0. The Hall–Kier alpha value is -2.71. The highest BCUT2D eigenvalue weighted by Crippen LogP contribution is 2.42. The van der Waals surface area contributed by atoms with E-state index in [4.69, 9.17) is 23.9 Å². The Labute approximate surface area is 223 Å². The van der Waals surface area contributed by atoms with Crippen molar-refractivity contribution >= 4 is 8.32 Å². The minimum Gasteiger partial charge on any atom is -0.497 e. The lowest BCUT2D eigenvalue weighted by atomic mass is 10.0. The summed E-state index contributed by atoms with van der Waals surface area (Å²) in [5.41, 5.74) is 4.46. The topological polar surface area (TPSA) is 71.3 Å². The summed E-state index contributed by atoms with van der Waals surface area (Å²) in [5, 5.41) is 0. The smallest absolute Gasteiger partial charge is 0.238 e. The number of nitrogens with zero attached hydrogens (tertiary/aromatic N) is 4. The standard InChI is InChI=1S/C29H44N4O3Si/c1-19(2)27-23(9)31-29(32-28(27)35-17-24-11-13-25(34-10)14-12-24)33-16-15-30-26(33)18-36-37(20(3)4,21(5)6)22(7)8/h11-16,19-22H,17-18H2,1-10H3. The molecule has 0 radical (unpaired) electrons. The van der Waals surface area contributed by atoms with Gasteiger partial charge in [0.1, 0.15) is 18.2 Å². The van der Waals surface area contributed by atoms with Crippen LogP contribution in [0, 0.1) is 6.92 Å². The minimum absolute atomic E-state index is 0.222. The van der Waals surface area contributed by atoms with Crippen molar-refractivity contribution in [1.29, 1.82) is 0 Å². The summed E-state index contributed by atoms with van der Waals surface area (Å²) in [6.07, 6.45) is 3.69. The molecule has 0 amide bonds. The molecule has 7 nitrogen and oxygen atoms in total. The van der Waals surface area contributed by atoms with Crippen LogP contribution in [-0.4, -0.2) is 34.9 Å². The molecule has 0 fully saturated rings. The van der Waals surface area contributed by atoms with Crippen molar-refractivity contribution in [2.24, 2.45) is 0 Å². The van der Waals surface area contributed by atoms with E-state index in [9.17, 15) is 0 Å². The molecule has 0 unspecified atom stereocenters. The lowest BCUT2D eigenvalue weighted by Crippen LogP contribution is -2.47. The number of benzene rings is 1. The van der Waals surface area contributed by atoms with Crippen LogP contribution in [-0.2, 0) is 17.6 Å². The predicted octanol–water partition coefficient (Wildman–Crippen LogP) is 7.37. The third kappa shape index (κ3) is 6.24. The highest BCUT2D eigenvalue weighted by molar-refractivity contribution is 6.77. The molecule has 0 bridgehead atoms. The lowest BCUT2D eigenvalue weighted by molar-refractivity contribution is 0.255. The molecule has 0 N–H and O–H groups in total. The Morgan fingerprint density at radius 3 is 2.03 bits per heavy atom. The van der Waals surface area contributed by atoms with Crippen LogP contribution in [0.3, 0.4) is 0 Å². The number of imidazole rings is 1. The van der Waals surface area contributed by atoms with Gasteiger partial charge in [-0.2, -0.15) is 4.98 Å². The molecule has 3 rings (SSSR count). The van der Waals surface area contributed by atoms with Gasteiger partial charge in [-0.05, 0) is 47.2 Å². The molecule has 202 valence electrons. The Kier molecular flexibility index (Phi) is 9.53. The lowest BCUT2D eigenvalue weighted by Gasteiger charge is -2.42. The molecule has 0 aliphatic heterocycles. The zero-order valence-corrected chi connectivity index (χ0v) is 25.2. The van der Waals surface area contributed by atoms with Gasteiger partial charge in [0, 0.05) is 18.0 Å². The molecule has 1 aromatic carbocycles. The highest BCUT2D eigenvalue weighted by atomic mass is 28.4. The normalized spacial score (nSPS) is 12.3. The van der Waals surface area contributed by atoms with Gasteiger partial charge in [0.15, 0.2) is 0 Å². The Morgan fingerprint density at radius 1 is 0.865 bits per heavy atom. The Morgan fingerprint density at radius 2 is 1.49 bits per heavy atom. The number of aryl methyl sites for hydroxylation is 1. The molecule has 2 heterocycles. The van der Waals surface area contributed by atoms with Crippen molar-refractivity contribution in [1.82, 2.24) is 19.5 Å². The van der Waals surface area contributed by atoms with E-state index in [1.165, 1.54) is 0 Å². The molecule has 0 aliphatic carbocycles. The van der Waals surface area contributed by atoms with Crippen molar-refractivity contribution in [3.05, 3.63) is 59.3 Å². The second kappa shape index (κ2) is 12.2. The summed E-state index contributed by atoms with van der Waals surface area (Å²) in [6, 6.07) is 7.88. The monoisotopic (exact) mass is 524 g/mol. The van der Waals surface area contributed by atoms with Gasteiger partial charge >= 0.3 is 0 Å². The van der Waals surface area contributed by atoms with Crippen molar-refractivity contribution < 1.29 is 13.9 Å². The fourth-order valence-electron chi connectivity index (χ4n) is 5.61. The zero-order chi connectivity index (χ0) is 27.3. The summed E-state index contributed by atoms with van der Waals surface area (Å²) >= 11 is 0. The first kappa shape index (κ1) is 28.9. The van der Waals surface area contributed by atoms with Crippen LogP contribution in [0.2, 0.25) is 16.6 Å². The summed E-state index contributed by atoms with van der Waals surface area (Å²) in [4.78, 5) is 14.4. The molecule has 0 saturated carbocycles. The average Bonchev–Trinajstić information content (AvgIpc) is 3.31. The maximum Gasteiger partial charge on any atom is 0.238 e. The molecule has 8 heteroatoms. The van der Waals surface area contributed by atoms with Gasteiger partial charge in [-0.3, -0.25) is 4.57 Å². The second-order valence-electron chi connectivity index (χ2n) is 10.9. The van der Waals surface area contributed by atoms with E-state index in [0.717, 1.165) is 28.4 Å². The second-order valence-corrected chi connectivity index (χ2v) is 16.4. The van der Waals surface area contributed by atoms with Crippen LogP contribution in [0.5, 0.6) is 11.6 Å². The number of aromatic nitrogens is 4. The molecule has 2 aromatic heterocycles. The molecule has 37 heavy (non-hydrogen) atoms. The molecular formula is C29H44N4O3Si. The third-order valence-electron chi connectivity index (χ3n) is 7.29. The van der Waals surface area contributed by atoms with Crippen LogP contribution in [0.1, 0.15) is 84.0 Å². The zero-order valence-electron chi connectivity index (χ0n) is 24.2. The number of hydrogen-bond acceptors (Lipinski definition) is 6. The van der Waals surface area contributed by atoms with E-state index in [-0.39, 0.29) is 5.92 Å². The first-order valence-electron chi connectivity index (χ1n) is 13.3. The largest absolute Gasteiger partial charge is 0.497 e. The molecule has 3 aromatic rings. The SMILES string of the molecule is COc1ccc(COc2nc(-n3ccnc3CO[Si](C(C)C)(C(C)C)C(C)C)nc(C)c2C(C)C)cc1. The summed E-state index contributed by atoms with van der Waals surface area (Å²) < 4.78 is 20.3. The van der Waals surface area contributed by atoms with Gasteiger partial charge < -0.3 is 13.9 Å². The predicted molar refractivity (Wildman–Crippen MR) is 151 cm³/mol. The number of ether oxygens (including phenoxy) is 2. The van der Waals surface area contributed by atoms with Crippen molar-refractivity contribution in [2.45, 2.75) is 98.1 Å². The summed E-state index contributed by atoms with van der Waals surface area (Å²) in [6.45, 7) is 20.9. The van der Waals surface area contributed by atoms with Gasteiger partial charge in [0.05, 0.1) is 19.4 Å². The quantitative estimate of drug-likeness (QED) is 0.230. The molecule has 0 saturated heterocycles. The van der Waals surface area contributed by atoms with E-state index in [1.807, 2.05) is 42.0 Å². The van der Waals surface area contributed by atoms with Gasteiger partial charge in [-0.15, -0.1) is 0 Å². The average molecular weight is 525 g/mol. The summed E-state index contributed by atoms with van der Waals surface area (Å²) in [7, 11) is -0.374. The maximum absolute atomic E-state index is 6.83. The van der Waals surface area contributed by atoms with Gasteiger partial charge in [-0.1, -0.05) is 67.5 Å². The fraction of sp³-hybridized carbons (Fsp3) is 0.552. The maximum atomic E-state index is 6.83. The van der Waals surface area contributed by atoms with Crippen molar-refractivity contribution in [3.63, 3.8) is 0 Å². The van der Waals surface area contributed by atoms with Crippen LogP contribution < -0.4 is 9.47 Å². The molecular weight excluding hydrogens is 480 g/mol. The van der Waals surface area contributed by atoms with E-state index in [2.05, 4.69) is 60.4 Å². The minimum atomic E-state index is -2.04. The van der Waals surface area contributed by atoms with E-state index in [0.29, 0.717) is 41.7 Å². The summed E-state index contributed by atoms with van der Waals surface area (Å²) in [5.74, 6) is 3.00. The van der Waals surface area contributed by atoms with E-state index >= 15 is 0 Å². The van der Waals surface area contributed by atoms with Gasteiger partial charge in [-0.25, -0.2) is 9.97 Å². The Balaban J connectivity index is 1.92. The first-order chi connectivity index (χ1) is 17.5. The molecule has 0 atom stereocenters. The number of methoxy groups -OCH3 is 1. The third-order valence-corrected chi connectivity index (χ3v) is 13.4. The van der Waals surface area contributed by atoms with Gasteiger partial charge in [0.2, 0.25) is 20.1 Å². The van der Waals surface area contributed by atoms with Crippen LogP contribution in [0.15, 0.2) is 36.7 Å². The first-order valence-corrected chi connectivity index (χ1v) is 15.5. The molecule has 0 spiro atoms. The Bertz CT molecular complexity index is 1130. The van der Waals surface area contributed by atoms with Gasteiger partial charge in [0.25, 0.3) is 0 Å². The van der Waals surface area contributed by atoms with Crippen LogP contribution in [0.25, 0.3) is 5.95 Å². The van der Waals surface area contributed by atoms with Crippen LogP contribution >= 0.6 is 0 Å². The van der Waals surface area contributed by atoms with E-state index < -0.39 is 8.32 Å². The van der Waals surface area contributed by atoms with E-state index in [1.54, 1.807) is 13.3 Å². The number of rotatable bonds is 12. The van der Waals surface area contributed by atoms with Crippen molar-refractivity contribution in [2.75, 3.05) is 7.11 Å².